The first-order valence-corrected chi connectivity index (χ1v) is 10.3. The number of nitrogens with zero attached hydrogens (tertiary/aromatic N) is 2. The predicted octanol–water partition coefficient (Wildman–Crippen LogP) is 1.58. The van der Waals surface area contributed by atoms with Crippen LogP contribution in [0.15, 0.2) is 4.99 Å². The van der Waals surface area contributed by atoms with Crippen LogP contribution >= 0.6 is 24.0 Å². The van der Waals surface area contributed by atoms with E-state index in [4.69, 9.17) is 4.99 Å². The molecule has 0 aromatic rings. The van der Waals surface area contributed by atoms with E-state index in [9.17, 15) is 14.7 Å². The van der Waals surface area contributed by atoms with Crippen molar-refractivity contribution in [2.45, 2.75) is 69.9 Å². The third kappa shape index (κ3) is 5.08. The van der Waals surface area contributed by atoms with Gasteiger partial charge in [-0.2, -0.15) is 0 Å². The summed E-state index contributed by atoms with van der Waals surface area (Å²) in [6.07, 6.45) is 6.59. The number of imide groups is 1. The third-order valence-corrected chi connectivity index (χ3v) is 6.33. The van der Waals surface area contributed by atoms with Gasteiger partial charge in [0.1, 0.15) is 5.54 Å². The predicted molar refractivity (Wildman–Crippen MR) is 119 cm³/mol. The Kier molecular flexibility index (Phi) is 7.95. The first-order chi connectivity index (χ1) is 12.9. The highest BCUT2D eigenvalue weighted by atomic mass is 127. The third-order valence-electron chi connectivity index (χ3n) is 6.33. The summed E-state index contributed by atoms with van der Waals surface area (Å²) < 4.78 is 0. The zero-order chi connectivity index (χ0) is 19.5. The fraction of sp³-hybridized carbons (Fsp3) is 0.842. The van der Waals surface area contributed by atoms with Crippen LogP contribution in [0, 0.1) is 5.92 Å². The number of guanidine groups is 1. The number of aliphatic imine (C=N–C) groups is 1. The van der Waals surface area contributed by atoms with Gasteiger partial charge in [0.05, 0.1) is 12.1 Å². The average molecular weight is 507 g/mol. The summed E-state index contributed by atoms with van der Waals surface area (Å²) in [6, 6.07) is -0.402. The van der Waals surface area contributed by atoms with Gasteiger partial charge in [-0.05, 0) is 45.4 Å². The van der Waals surface area contributed by atoms with Gasteiger partial charge in [0.25, 0.3) is 5.91 Å². The smallest absolute Gasteiger partial charge is 0.322 e. The van der Waals surface area contributed by atoms with E-state index in [1.54, 1.807) is 0 Å². The number of amides is 3. The minimum atomic E-state index is -0.823. The molecule has 0 aromatic carbocycles. The van der Waals surface area contributed by atoms with Gasteiger partial charge in [-0.25, -0.2) is 4.79 Å². The van der Waals surface area contributed by atoms with Crippen LogP contribution in [0.5, 0.6) is 0 Å². The fourth-order valence-corrected chi connectivity index (χ4v) is 4.53. The molecule has 9 heteroatoms. The standard InChI is InChI=1S/C19H33N5O3.HI/c1-3-20-16(21-13-19(27)9-5-4-6-10-19)24-11-7-14(8-12-24)18(2)15(25)22-17(26)23-18;/h14,27H,3-13H2,1-2H3,(H,20,21)(H2,22,23,25,26);1H. The molecule has 2 aliphatic heterocycles. The van der Waals surface area contributed by atoms with Crippen LogP contribution in [0.4, 0.5) is 4.79 Å². The number of hydrogen-bond acceptors (Lipinski definition) is 4. The van der Waals surface area contributed by atoms with Gasteiger partial charge >= 0.3 is 6.03 Å². The van der Waals surface area contributed by atoms with Crippen molar-refractivity contribution in [1.29, 1.82) is 0 Å². The Balaban J connectivity index is 0.00000280. The number of likely N-dealkylation sites (tertiary alicyclic amines) is 1. The van der Waals surface area contributed by atoms with Crippen molar-refractivity contribution in [3.63, 3.8) is 0 Å². The molecular formula is C19H34IN5O3. The number of aliphatic hydroxyl groups is 1. The monoisotopic (exact) mass is 507 g/mol. The van der Waals surface area contributed by atoms with Crippen LogP contribution in [0.25, 0.3) is 0 Å². The Labute approximate surface area is 184 Å². The minimum absolute atomic E-state index is 0. The maximum absolute atomic E-state index is 12.2. The summed E-state index contributed by atoms with van der Waals surface area (Å²) in [4.78, 5) is 30.6. The van der Waals surface area contributed by atoms with Crippen molar-refractivity contribution < 1.29 is 14.7 Å². The normalized spacial score (nSPS) is 28.4. The van der Waals surface area contributed by atoms with Crippen molar-refractivity contribution in [2.24, 2.45) is 10.9 Å². The van der Waals surface area contributed by atoms with E-state index in [1.807, 2.05) is 13.8 Å². The van der Waals surface area contributed by atoms with Gasteiger partial charge in [0.2, 0.25) is 0 Å². The van der Waals surface area contributed by atoms with Crippen LogP contribution in [0.1, 0.15) is 58.8 Å². The minimum Gasteiger partial charge on any atom is -0.388 e. The van der Waals surface area contributed by atoms with Gasteiger partial charge in [-0.1, -0.05) is 19.3 Å². The lowest BCUT2D eigenvalue weighted by atomic mass is 9.79. The van der Waals surface area contributed by atoms with Crippen LogP contribution in [-0.2, 0) is 4.79 Å². The van der Waals surface area contributed by atoms with E-state index in [-0.39, 0.29) is 35.8 Å². The number of carbonyl (C=O) groups is 2. The highest BCUT2D eigenvalue weighted by Crippen LogP contribution is 2.31. The van der Waals surface area contributed by atoms with Crippen LogP contribution in [0.3, 0.4) is 0 Å². The Morgan fingerprint density at radius 1 is 1.25 bits per heavy atom. The van der Waals surface area contributed by atoms with E-state index in [0.29, 0.717) is 6.54 Å². The average Bonchev–Trinajstić information content (AvgIpc) is 2.92. The maximum Gasteiger partial charge on any atom is 0.322 e. The van der Waals surface area contributed by atoms with Crippen molar-refractivity contribution >= 4 is 41.9 Å². The topological polar surface area (TPSA) is 106 Å². The highest BCUT2D eigenvalue weighted by Gasteiger charge is 2.48. The molecule has 1 saturated carbocycles. The molecule has 0 spiro atoms. The Morgan fingerprint density at radius 3 is 2.43 bits per heavy atom. The lowest BCUT2D eigenvalue weighted by Gasteiger charge is -2.40. The van der Waals surface area contributed by atoms with Crippen LogP contribution in [0.2, 0.25) is 0 Å². The first kappa shape index (κ1) is 23.2. The van der Waals surface area contributed by atoms with E-state index < -0.39 is 17.2 Å². The van der Waals surface area contributed by atoms with E-state index in [2.05, 4.69) is 20.9 Å². The van der Waals surface area contributed by atoms with Gasteiger partial charge in [0, 0.05) is 19.6 Å². The van der Waals surface area contributed by atoms with Crippen molar-refractivity contribution in [3.8, 4) is 0 Å². The van der Waals surface area contributed by atoms with Crippen LogP contribution < -0.4 is 16.0 Å². The number of hydrogen-bond donors (Lipinski definition) is 4. The second kappa shape index (κ2) is 9.60. The molecule has 3 rings (SSSR count). The zero-order valence-corrected chi connectivity index (χ0v) is 19.3. The Bertz CT molecular complexity index is 600. The molecule has 3 amide bonds. The van der Waals surface area contributed by atoms with Gasteiger partial charge in [0.15, 0.2) is 5.96 Å². The van der Waals surface area contributed by atoms with E-state index in [1.165, 1.54) is 6.42 Å². The number of urea groups is 1. The molecule has 4 N–H and O–H groups in total. The fourth-order valence-electron chi connectivity index (χ4n) is 4.53. The molecule has 0 bridgehead atoms. The number of carbonyl (C=O) groups excluding carboxylic acids is 2. The second-order valence-corrected chi connectivity index (χ2v) is 8.33. The van der Waals surface area contributed by atoms with Gasteiger partial charge in [-0.3, -0.25) is 15.1 Å². The van der Waals surface area contributed by atoms with E-state index >= 15 is 0 Å². The highest BCUT2D eigenvalue weighted by molar-refractivity contribution is 14.0. The molecule has 0 aromatic heterocycles. The maximum atomic E-state index is 12.2. The summed E-state index contributed by atoms with van der Waals surface area (Å²) >= 11 is 0. The summed E-state index contributed by atoms with van der Waals surface area (Å²) in [5, 5.41) is 19.2. The molecule has 160 valence electrons. The number of piperidine rings is 1. The molecule has 0 radical (unpaired) electrons. The Morgan fingerprint density at radius 2 is 1.89 bits per heavy atom. The molecule has 8 nitrogen and oxygen atoms in total. The molecular weight excluding hydrogens is 473 g/mol. The SMILES string of the molecule is CCNC(=NCC1(O)CCCCC1)N1CCC(C2(C)NC(=O)NC2=O)CC1.I. The molecule has 3 aliphatic rings. The number of nitrogens with one attached hydrogen (secondary N) is 3. The zero-order valence-electron chi connectivity index (χ0n) is 16.9. The lowest BCUT2D eigenvalue weighted by Crippen LogP contribution is -2.55. The van der Waals surface area contributed by atoms with Gasteiger partial charge in [-0.15, -0.1) is 24.0 Å². The van der Waals surface area contributed by atoms with Crippen molar-refractivity contribution in [1.82, 2.24) is 20.9 Å². The molecule has 1 aliphatic carbocycles. The number of halogens is 1. The summed E-state index contributed by atoms with van der Waals surface area (Å²) in [5.74, 6) is 0.705. The molecule has 1 atom stereocenters. The first-order valence-electron chi connectivity index (χ1n) is 10.3. The Hall–Kier alpha value is -1.10. The second-order valence-electron chi connectivity index (χ2n) is 8.33. The quantitative estimate of drug-likeness (QED) is 0.200. The largest absolute Gasteiger partial charge is 0.388 e. The molecule has 2 heterocycles. The number of rotatable bonds is 4. The summed E-state index contributed by atoms with van der Waals surface area (Å²) in [5.41, 5.74) is -1.49. The summed E-state index contributed by atoms with van der Waals surface area (Å²) in [7, 11) is 0. The summed E-state index contributed by atoms with van der Waals surface area (Å²) in [6.45, 7) is 6.60. The van der Waals surface area contributed by atoms with E-state index in [0.717, 1.165) is 64.1 Å². The molecule has 2 saturated heterocycles. The van der Waals surface area contributed by atoms with Crippen molar-refractivity contribution in [2.75, 3.05) is 26.2 Å². The van der Waals surface area contributed by atoms with Gasteiger partial charge < -0.3 is 20.6 Å². The molecule has 3 fully saturated rings. The lowest BCUT2D eigenvalue weighted by molar-refractivity contribution is -0.125. The van der Waals surface area contributed by atoms with Crippen LogP contribution in [-0.4, -0.2) is 65.2 Å². The molecule has 1 unspecified atom stereocenters. The van der Waals surface area contributed by atoms with Crippen molar-refractivity contribution in [3.05, 3.63) is 0 Å². The molecule has 28 heavy (non-hydrogen) atoms.